The third-order valence-electron chi connectivity index (χ3n) is 4.65. The highest BCUT2D eigenvalue weighted by molar-refractivity contribution is 5.52. The fourth-order valence-corrected chi connectivity index (χ4v) is 3.12. The summed E-state index contributed by atoms with van der Waals surface area (Å²) in [5.41, 5.74) is 2.73. The first-order chi connectivity index (χ1) is 12.7. The van der Waals surface area contributed by atoms with Crippen LogP contribution in [-0.2, 0) is 13.6 Å². The summed E-state index contributed by atoms with van der Waals surface area (Å²) in [6.45, 7) is 4.29. The molecule has 1 aliphatic heterocycles. The van der Waals surface area contributed by atoms with E-state index in [1.165, 1.54) is 4.68 Å². The Bertz CT molecular complexity index is 926. The molecular weight excluding hydrogens is 330 g/mol. The van der Waals surface area contributed by atoms with Gasteiger partial charge in [0.2, 0.25) is 5.89 Å². The Balaban J connectivity index is 1.36. The van der Waals surface area contributed by atoms with Crippen LogP contribution >= 0.6 is 0 Å². The molecule has 0 aliphatic carbocycles. The Labute approximate surface area is 151 Å². The van der Waals surface area contributed by atoms with Crippen LogP contribution in [-0.4, -0.2) is 45.8 Å². The zero-order chi connectivity index (χ0) is 17.9. The summed E-state index contributed by atoms with van der Waals surface area (Å²) in [7, 11) is 1.66. The molecule has 0 N–H and O–H groups in total. The number of hydrogen-bond acceptors (Lipinski definition) is 6. The van der Waals surface area contributed by atoms with Crippen molar-refractivity contribution in [3.05, 3.63) is 64.9 Å². The van der Waals surface area contributed by atoms with E-state index in [9.17, 15) is 4.79 Å². The maximum atomic E-state index is 11.8. The lowest BCUT2D eigenvalue weighted by Gasteiger charge is -2.35. The third kappa shape index (κ3) is 3.52. The van der Waals surface area contributed by atoms with Crippen molar-refractivity contribution in [3.63, 3.8) is 0 Å². The highest BCUT2D eigenvalue weighted by atomic mass is 16.3. The first-order valence-corrected chi connectivity index (χ1v) is 8.69. The topological polar surface area (TPSA) is 67.4 Å². The molecule has 0 saturated carbocycles. The third-order valence-corrected chi connectivity index (χ3v) is 4.65. The maximum absolute atomic E-state index is 11.8. The minimum atomic E-state index is -0.0824. The molecule has 2 aromatic heterocycles. The fraction of sp³-hybridized carbons (Fsp3) is 0.316. The van der Waals surface area contributed by atoms with E-state index in [0.29, 0.717) is 5.89 Å². The summed E-state index contributed by atoms with van der Waals surface area (Å²) >= 11 is 0. The monoisotopic (exact) mass is 351 g/mol. The van der Waals surface area contributed by atoms with Gasteiger partial charge in [-0.05, 0) is 12.1 Å². The van der Waals surface area contributed by atoms with Crippen molar-refractivity contribution in [1.29, 1.82) is 0 Å². The SMILES string of the molecule is Cn1ncc(N2CCN(Cc3coc(-c4ccccc4)n3)CC2)cc1=O. The molecule has 4 rings (SSSR count). The molecule has 0 amide bonds. The second-order valence-corrected chi connectivity index (χ2v) is 6.45. The Kier molecular flexibility index (Phi) is 4.53. The van der Waals surface area contributed by atoms with Gasteiger partial charge < -0.3 is 9.32 Å². The van der Waals surface area contributed by atoms with Crippen LogP contribution in [0.4, 0.5) is 5.69 Å². The van der Waals surface area contributed by atoms with Crippen LogP contribution in [0.3, 0.4) is 0 Å². The van der Waals surface area contributed by atoms with Gasteiger partial charge in [-0.1, -0.05) is 18.2 Å². The molecule has 0 atom stereocenters. The predicted molar refractivity (Wildman–Crippen MR) is 98.9 cm³/mol. The molecule has 3 heterocycles. The number of hydrogen-bond donors (Lipinski definition) is 0. The lowest BCUT2D eigenvalue weighted by Crippen LogP contribution is -2.46. The number of aromatic nitrogens is 3. The highest BCUT2D eigenvalue weighted by Crippen LogP contribution is 2.19. The number of aryl methyl sites for hydroxylation is 1. The van der Waals surface area contributed by atoms with Crippen molar-refractivity contribution in [1.82, 2.24) is 19.7 Å². The summed E-state index contributed by atoms with van der Waals surface area (Å²) < 4.78 is 6.96. The number of rotatable bonds is 4. The molecule has 1 aliphatic rings. The van der Waals surface area contributed by atoms with Gasteiger partial charge >= 0.3 is 0 Å². The number of nitrogens with zero attached hydrogens (tertiary/aromatic N) is 5. The van der Waals surface area contributed by atoms with Crippen molar-refractivity contribution in [3.8, 4) is 11.5 Å². The average Bonchev–Trinajstić information content (AvgIpc) is 3.14. The van der Waals surface area contributed by atoms with Crippen LogP contribution in [0.1, 0.15) is 5.69 Å². The van der Waals surface area contributed by atoms with Crippen molar-refractivity contribution in [2.24, 2.45) is 7.05 Å². The second-order valence-electron chi connectivity index (χ2n) is 6.45. The lowest BCUT2D eigenvalue weighted by molar-refractivity contribution is 0.247. The van der Waals surface area contributed by atoms with Gasteiger partial charge in [0.1, 0.15) is 6.26 Å². The molecular formula is C19H21N5O2. The van der Waals surface area contributed by atoms with E-state index < -0.39 is 0 Å². The van der Waals surface area contributed by atoms with E-state index in [2.05, 4.69) is 19.9 Å². The fourth-order valence-electron chi connectivity index (χ4n) is 3.12. The van der Waals surface area contributed by atoms with Gasteiger partial charge in [-0.25, -0.2) is 9.67 Å². The zero-order valence-electron chi connectivity index (χ0n) is 14.7. The van der Waals surface area contributed by atoms with E-state index >= 15 is 0 Å². The van der Waals surface area contributed by atoms with Gasteiger partial charge in [0.05, 0.1) is 17.6 Å². The van der Waals surface area contributed by atoms with E-state index in [-0.39, 0.29) is 5.56 Å². The van der Waals surface area contributed by atoms with Gasteiger partial charge in [-0.2, -0.15) is 5.10 Å². The van der Waals surface area contributed by atoms with Crippen LogP contribution in [0.5, 0.6) is 0 Å². The summed E-state index contributed by atoms with van der Waals surface area (Å²) in [4.78, 5) is 20.9. The van der Waals surface area contributed by atoms with Gasteiger partial charge in [0, 0.05) is 51.4 Å². The molecule has 0 radical (unpaired) electrons. The zero-order valence-corrected chi connectivity index (χ0v) is 14.7. The minimum Gasteiger partial charge on any atom is -0.444 e. The van der Waals surface area contributed by atoms with Crippen molar-refractivity contribution in [2.45, 2.75) is 6.54 Å². The van der Waals surface area contributed by atoms with Gasteiger partial charge in [-0.15, -0.1) is 0 Å². The summed E-state index contributed by atoms with van der Waals surface area (Å²) in [6, 6.07) is 11.6. The molecule has 0 unspecified atom stereocenters. The quantitative estimate of drug-likeness (QED) is 0.713. The number of anilines is 1. The second kappa shape index (κ2) is 7.13. The van der Waals surface area contributed by atoms with E-state index in [1.54, 1.807) is 25.6 Å². The first-order valence-electron chi connectivity index (χ1n) is 8.69. The van der Waals surface area contributed by atoms with Crippen LogP contribution in [0.25, 0.3) is 11.5 Å². The standard InChI is InChI=1S/C19H21N5O2/c1-22-18(25)11-17(12-20-22)24-9-7-23(8-10-24)13-16-14-26-19(21-16)15-5-3-2-4-6-15/h2-6,11-12,14H,7-10,13H2,1H3. The Morgan fingerprint density at radius 1 is 1.12 bits per heavy atom. The molecule has 3 aromatic rings. The minimum absolute atomic E-state index is 0.0824. The molecule has 1 saturated heterocycles. The summed E-state index contributed by atoms with van der Waals surface area (Å²) in [6.07, 6.45) is 3.49. The highest BCUT2D eigenvalue weighted by Gasteiger charge is 2.19. The molecule has 134 valence electrons. The van der Waals surface area contributed by atoms with Gasteiger partial charge in [-0.3, -0.25) is 9.69 Å². The van der Waals surface area contributed by atoms with Crippen LogP contribution in [0, 0.1) is 0 Å². The lowest BCUT2D eigenvalue weighted by atomic mass is 10.2. The normalized spacial score (nSPS) is 15.3. The van der Waals surface area contributed by atoms with Gasteiger partial charge in [0.25, 0.3) is 5.56 Å². The predicted octanol–water partition coefficient (Wildman–Crippen LogP) is 1.76. The smallest absolute Gasteiger partial charge is 0.268 e. The Hall–Kier alpha value is -2.93. The summed E-state index contributed by atoms with van der Waals surface area (Å²) in [5, 5.41) is 4.10. The maximum Gasteiger partial charge on any atom is 0.268 e. The van der Waals surface area contributed by atoms with E-state index in [4.69, 9.17) is 4.42 Å². The first kappa shape index (κ1) is 16.5. The van der Waals surface area contributed by atoms with E-state index in [0.717, 1.165) is 49.7 Å². The number of piperazine rings is 1. The molecule has 0 bridgehead atoms. The largest absolute Gasteiger partial charge is 0.444 e. The van der Waals surface area contributed by atoms with E-state index in [1.807, 2.05) is 30.3 Å². The molecule has 7 nitrogen and oxygen atoms in total. The average molecular weight is 351 g/mol. The molecule has 0 spiro atoms. The molecule has 1 fully saturated rings. The Morgan fingerprint density at radius 3 is 2.62 bits per heavy atom. The van der Waals surface area contributed by atoms with Crippen LogP contribution in [0.2, 0.25) is 0 Å². The molecule has 26 heavy (non-hydrogen) atoms. The Morgan fingerprint density at radius 2 is 1.88 bits per heavy atom. The van der Waals surface area contributed by atoms with Gasteiger partial charge in [0.15, 0.2) is 0 Å². The molecule has 7 heteroatoms. The van der Waals surface area contributed by atoms with Crippen LogP contribution < -0.4 is 10.5 Å². The summed E-state index contributed by atoms with van der Waals surface area (Å²) in [5.74, 6) is 0.658. The number of benzene rings is 1. The van der Waals surface area contributed by atoms with Crippen molar-refractivity contribution in [2.75, 3.05) is 31.1 Å². The van der Waals surface area contributed by atoms with Crippen molar-refractivity contribution >= 4 is 5.69 Å². The van der Waals surface area contributed by atoms with Crippen LogP contribution in [0.15, 0.2) is 58.1 Å². The number of oxazole rings is 1. The molecule has 1 aromatic carbocycles. The van der Waals surface area contributed by atoms with Crippen molar-refractivity contribution < 1.29 is 4.42 Å².